The molecule has 3 rings (SSSR count). The molecule has 1 aliphatic rings. The minimum absolute atomic E-state index is 0.0999. The summed E-state index contributed by atoms with van der Waals surface area (Å²) < 4.78 is 0. The summed E-state index contributed by atoms with van der Waals surface area (Å²) in [6, 6.07) is 13.4. The van der Waals surface area contributed by atoms with E-state index in [1.807, 2.05) is 0 Å². The van der Waals surface area contributed by atoms with E-state index >= 15 is 0 Å². The van der Waals surface area contributed by atoms with Gasteiger partial charge in [0.2, 0.25) is 0 Å². The third-order valence-electron chi connectivity index (χ3n) is 3.99. The van der Waals surface area contributed by atoms with Gasteiger partial charge in [-0.05, 0) is 49.2 Å². The van der Waals surface area contributed by atoms with Gasteiger partial charge in [0.1, 0.15) is 0 Å². The van der Waals surface area contributed by atoms with Crippen molar-refractivity contribution in [3.05, 3.63) is 47.5 Å². The highest BCUT2D eigenvalue weighted by atomic mass is 15.1. The smallest absolute Gasteiger partial charge is 0.0284 e. The van der Waals surface area contributed by atoms with Gasteiger partial charge in [-0.25, -0.2) is 0 Å². The van der Waals surface area contributed by atoms with Crippen molar-refractivity contribution in [2.75, 3.05) is 13.6 Å². The van der Waals surface area contributed by atoms with Crippen molar-refractivity contribution in [2.24, 2.45) is 5.73 Å². The number of benzene rings is 2. The molecule has 0 bridgehead atoms. The molecule has 1 aliphatic carbocycles. The number of hydrogen-bond donors (Lipinski definition) is 1. The summed E-state index contributed by atoms with van der Waals surface area (Å²) >= 11 is 0. The Hall–Kier alpha value is -1.38. The van der Waals surface area contributed by atoms with Gasteiger partial charge in [0.25, 0.3) is 0 Å². The molecular formula is C17H22N2. The lowest BCUT2D eigenvalue weighted by Crippen LogP contribution is -2.36. The number of nitrogens with zero attached hydrogens (tertiary/aromatic N) is 1. The highest BCUT2D eigenvalue weighted by molar-refractivity contribution is 5.83. The Kier molecular flexibility index (Phi) is 3.08. The molecule has 19 heavy (non-hydrogen) atoms. The second-order valence-electron chi connectivity index (χ2n) is 6.22. The van der Waals surface area contributed by atoms with Gasteiger partial charge in [0.15, 0.2) is 0 Å². The van der Waals surface area contributed by atoms with E-state index in [4.69, 9.17) is 5.73 Å². The molecule has 100 valence electrons. The fourth-order valence-corrected chi connectivity index (χ4v) is 2.74. The van der Waals surface area contributed by atoms with Gasteiger partial charge >= 0.3 is 0 Å². The maximum atomic E-state index is 6.17. The van der Waals surface area contributed by atoms with E-state index in [1.165, 1.54) is 34.7 Å². The fraction of sp³-hybridized carbons (Fsp3) is 0.412. The lowest BCUT2D eigenvalue weighted by molar-refractivity contribution is 0.296. The SMILES string of the molecule is Cc1ccc2cc(CN(C)CC3(N)CC3)ccc2c1. The van der Waals surface area contributed by atoms with Crippen LogP contribution in [0.1, 0.15) is 24.0 Å². The minimum Gasteiger partial charge on any atom is -0.324 e. The van der Waals surface area contributed by atoms with E-state index in [9.17, 15) is 0 Å². The maximum absolute atomic E-state index is 6.17. The Morgan fingerprint density at radius 3 is 2.53 bits per heavy atom. The van der Waals surface area contributed by atoms with Crippen LogP contribution in [-0.4, -0.2) is 24.0 Å². The van der Waals surface area contributed by atoms with Crippen LogP contribution in [0.5, 0.6) is 0 Å². The van der Waals surface area contributed by atoms with E-state index in [2.05, 4.69) is 55.3 Å². The number of hydrogen-bond acceptors (Lipinski definition) is 2. The average Bonchev–Trinajstić information content (AvgIpc) is 3.06. The van der Waals surface area contributed by atoms with Gasteiger partial charge in [0.05, 0.1) is 0 Å². The second-order valence-corrected chi connectivity index (χ2v) is 6.22. The third-order valence-corrected chi connectivity index (χ3v) is 3.99. The van der Waals surface area contributed by atoms with Crippen molar-refractivity contribution in [1.82, 2.24) is 4.90 Å². The molecule has 2 heteroatoms. The molecule has 2 N–H and O–H groups in total. The summed E-state index contributed by atoms with van der Waals surface area (Å²) in [7, 11) is 2.16. The topological polar surface area (TPSA) is 29.3 Å². The van der Waals surface area contributed by atoms with Gasteiger partial charge in [-0.3, -0.25) is 0 Å². The summed E-state index contributed by atoms with van der Waals surface area (Å²) in [5.41, 5.74) is 8.95. The van der Waals surface area contributed by atoms with Gasteiger partial charge < -0.3 is 10.6 Å². The van der Waals surface area contributed by atoms with E-state index in [1.54, 1.807) is 0 Å². The highest BCUT2D eigenvalue weighted by Gasteiger charge is 2.38. The van der Waals surface area contributed by atoms with Crippen LogP contribution in [0.15, 0.2) is 36.4 Å². The van der Waals surface area contributed by atoms with Crippen LogP contribution in [0.4, 0.5) is 0 Å². The molecule has 0 atom stereocenters. The third kappa shape index (κ3) is 2.96. The molecule has 2 aromatic carbocycles. The monoisotopic (exact) mass is 254 g/mol. The first-order valence-electron chi connectivity index (χ1n) is 7.01. The standard InChI is InChI=1S/C17H22N2/c1-13-3-5-16-10-14(4-6-15(16)9-13)11-19(2)12-17(18)7-8-17/h3-6,9-10H,7-8,11-12,18H2,1-2H3. The molecule has 0 aliphatic heterocycles. The average molecular weight is 254 g/mol. The zero-order valence-electron chi connectivity index (χ0n) is 11.8. The maximum Gasteiger partial charge on any atom is 0.0284 e. The van der Waals surface area contributed by atoms with Crippen LogP contribution in [0.25, 0.3) is 10.8 Å². The summed E-state index contributed by atoms with van der Waals surface area (Å²) in [5, 5.41) is 2.65. The number of rotatable bonds is 4. The van der Waals surface area contributed by atoms with Crippen LogP contribution < -0.4 is 5.73 Å². The fourth-order valence-electron chi connectivity index (χ4n) is 2.74. The van der Waals surface area contributed by atoms with Crippen molar-refractivity contribution in [3.8, 4) is 0 Å². The van der Waals surface area contributed by atoms with Crippen molar-refractivity contribution in [3.63, 3.8) is 0 Å². The van der Waals surface area contributed by atoms with E-state index in [-0.39, 0.29) is 5.54 Å². The first-order valence-corrected chi connectivity index (χ1v) is 7.01. The van der Waals surface area contributed by atoms with Gasteiger partial charge in [-0.2, -0.15) is 0 Å². The first-order chi connectivity index (χ1) is 9.04. The normalized spacial score (nSPS) is 17.1. The Balaban J connectivity index is 1.75. The molecule has 2 aromatic rings. The molecule has 0 spiro atoms. The quantitative estimate of drug-likeness (QED) is 0.908. The van der Waals surface area contributed by atoms with Crippen molar-refractivity contribution >= 4 is 10.8 Å². The summed E-state index contributed by atoms with van der Waals surface area (Å²) in [5.74, 6) is 0. The first kappa shape index (κ1) is 12.6. The molecule has 0 saturated heterocycles. The number of nitrogens with two attached hydrogens (primary N) is 1. The van der Waals surface area contributed by atoms with Crippen LogP contribution in [-0.2, 0) is 6.54 Å². The van der Waals surface area contributed by atoms with Crippen LogP contribution >= 0.6 is 0 Å². The van der Waals surface area contributed by atoms with Crippen molar-refractivity contribution in [1.29, 1.82) is 0 Å². The predicted molar refractivity (Wildman–Crippen MR) is 81.2 cm³/mol. The van der Waals surface area contributed by atoms with Crippen molar-refractivity contribution < 1.29 is 0 Å². The molecule has 1 fully saturated rings. The van der Waals surface area contributed by atoms with Gasteiger partial charge in [0, 0.05) is 18.6 Å². The lowest BCUT2D eigenvalue weighted by atomic mass is 10.0. The largest absolute Gasteiger partial charge is 0.324 e. The zero-order chi connectivity index (χ0) is 13.5. The van der Waals surface area contributed by atoms with Crippen LogP contribution in [0.2, 0.25) is 0 Å². The predicted octanol–water partition coefficient (Wildman–Crippen LogP) is 3.07. The summed E-state index contributed by atoms with van der Waals surface area (Å²) in [4.78, 5) is 2.34. The molecule has 0 amide bonds. The Morgan fingerprint density at radius 2 is 1.79 bits per heavy atom. The molecule has 0 aromatic heterocycles. The second kappa shape index (κ2) is 4.62. The number of likely N-dealkylation sites (N-methyl/N-ethyl adjacent to an activating group) is 1. The molecule has 1 saturated carbocycles. The van der Waals surface area contributed by atoms with Crippen LogP contribution in [0, 0.1) is 6.92 Å². The zero-order valence-corrected chi connectivity index (χ0v) is 11.8. The molecule has 0 radical (unpaired) electrons. The Bertz CT molecular complexity index is 599. The molecule has 0 unspecified atom stereocenters. The molecule has 2 nitrogen and oxygen atoms in total. The minimum atomic E-state index is 0.0999. The van der Waals surface area contributed by atoms with E-state index in [0.717, 1.165) is 13.1 Å². The summed E-state index contributed by atoms with van der Waals surface area (Å²) in [6.07, 6.45) is 2.35. The van der Waals surface area contributed by atoms with Gasteiger partial charge in [-0.15, -0.1) is 0 Å². The molecular weight excluding hydrogens is 232 g/mol. The summed E-state index contributed by atoms with van der Waals surface area (Å²) in [6.45, 7) is 4.11. The van der Waals surface area contributed by atoms with Crippen LogP contribution in [0.3, 0.4) is 0 Å². The highest BCUT2D eigenvalue weighted by Crippen LogP contribution is 2.32. The van der Waals surface area contributed by atoms with E-state index < -0.39 is 0 Å². The Labute approximate surface area is 115 Å². The number of aryl methyl sites for hydroxylation is 1. The van der Waals surface area contributed by atoms with E-state index in [0.29, 0.717) is 0 Å². The number of fused-ring (bicyclic) bond motifs is 1. The lowest BCUT2D eigenvalue weighted by Gasteiger charge is -2.21. The van der Waals surface area contributed by atoms with Crippen molar-refractivity contribution in [2.45, 2.75) is 31.8 Å². The van der Waals surface area contributed by atoms with Gasteiger partial charge in [-0.1, -0.05) is 35.9 Å². The Morgan fingerprint density at radius 1 is 1.11 bits per heavy atom. The molecule has 0 heterocycles.